The van der Waals surface area contributed by atoms with Crippen molar-refractivity contribution in [3.63, 3.8) is 0 Å². The highest BCUT2D eigenvalue weighted by Gasteiger charge is 2.22. The first kappa shape index (κ1) is 13.6. The third-order valence-corrected chi connectivity index (χ3v) is 3.61. The molecule has 0 amide bonds. The van der Waals surface area contributed by atoms with Gasteiger partial charge in [0, 0.05) is 5.56 Å². The van der Waals surface area contributed by atoms with Gasteiger partial charge >= 0.3 is 5.97 Å². The summed E-state index contributed by atoms with van der Waals surface area (Å²) >= 11 is 0. The molecule has 1 aliphatic heterocycles. The number of methoxy groups -OCH3 is 1. The minimum absolute atomic E-state index is 0.249. The Bertz CT molecular complexity index is 654. The molecule has 2 aromatic rings. The van der Waals surface area contributed by atoms with Crippen LogP contribution in [0.5, 0.6) is 0 Å². The fourth-order valence-electron chi connectivity index (χ4n) is 2.55. The maximum Gasteiger partial charge on any atom is 0.339 e. The van der Waals surface area contributed by atoms with E-state index in [0.29, 0.717) is 17.9 Å². The minimum atomic E-state index is -0.359. The molecule has 1 atom stereocenters. The van der Waals surface area contributed by atoms with E-state index in [2.05, 4.69) is 11.4 Å². The lowest BCUT2D eigenvalue weighted by Crippen LogP contribution is -2.23. The van der Waals surface area contributed by atoms with E-state index >= 15 is 0 Å². The molecule has 1 unspecified atom stereocenters. The van der Waals surface area contributed by atoms with Crippen LogP contribution in [0.1, 0.15) is 27.7 Å². The molecular weight excluding hydrogens is 266 g/mol. The van der Waals surface area contributed by atoms with Crippen LogP contribution in [-0.4, -0.2) is 19.7 Å². The molecule has 0 radical (unpaired) electrons. The van der Waals surface area contributed by atoms with Gasteiger partial charge in [-0.3, -0.25) is 0 Å². The molecule has 4 heteroatoms. The summed E-state index contributed by atoms with van der Waals surface area (Å²) in [6.07, 6.45) is 0.660. The first-order valence-electron chi connectivity index (χ1n) is 6.93. The van der Waals surface area contributed by atoms with Crippen molar-refractivity contribution in [1.29, 1.82) is 0 Å². The fraction of sp³-hybridized carbons (Fsp3) is 0.235. The number of ether oxygens (including phenoxy) is 2. The number of fused-ring (bicyclic) bond motifs is 1. The molecular formula is C17H17NO3. The number of carbonyl (C=O) groups excluding carboxylic acids is 1. The number of anilines is 1. The van der Waals surface area contributed by atoms with E-state index in [-0.39, 0.29) is 12.2 Å². The fourth-order valence-corrected chi connectivity index (χ4v) is 2.55. The van der Waals surface area contributed by atoms with Crippen LogP contribution in [0, 0.1) is 0 Å². The van der Waals surface area contributed by atoms with Crippen molar-refractivity contribution in [3.05, 3.63) is 65.2 Å². The van der Waals surface area contributed by atoms with E-state index in [4.69, 9.17) is 9.47 Å². The van der Waals surface area contributed by atoms with E-state index < -0.39 is 0 Å². The average Bonchev–Trinajstić information content (AvgIpc) is 2.55. The highest BCUT2D eigenvalue weighted by Crippen LogP contribution is 2.29. The predicted molar refractivity (Wildman–Crippen MR) is 80.2 cm³/mol. The predicted octanol–water partition coefficient (Wildman–Crippen LogP) is 3.16. The van der Waals surface area contributed by atoms with Crippen molar-refractivity contribution in [3.8, 4) is 0 Å². The summed E-state index contributed by atoms with van der Waals surface area (Å²) in [6.45, 7) is 0.662. The molecule has 108 valence electrons. The summed E-state index contributed by atoms with van der Waals surface area (Å²) in [4.78, 5) is 11.8. The van der Waals surface area contributed by atoms with Gasteiger partial charge in [-0.25, -0.2) is 4.79 Å². The van der Waals surface area contributed by atoms with Crippen molar-refractivity contribution in [2.75, 3.05) is 19.0 Å². The molecule has 1 aliphatic rings. The largest absolute Gasteiger partial charge is 0.465 e. The second-order valence-electron chi connectivity index (χ2n) is 4.88. The number of hydrogen-bond acceptors (Lipinski definition) is 4. The van der Waals surface area contributed by atoms with Gasteiger partial charge in [0.25, 0.3) is 0 Å². The maximum atomic E-state index is 11.8. The van der Waals surface area contributed by atoms with Crippen LogP contribution in [0.2, 0.25) is 0 Å². The number of carbonyl (C=O) groups is 1. The van der Waals surface area contributed by atoms with Crippen LogP contribution < -0.4 is 5.32 Å². The summed E-state index contributed by atoms with van der Waals surface area (Å²) in [5, 5.41) is 3.30. The molecule has 2 aromatic carbocycles. The van der Waals surface area contributed by atoms with Crippen LogP contribution in [0.25, 0.3) is 0 Å². The Labute approximate surface area is 123 Å². The lowest BCUT2D eigenvalue weighted by molar-refractivity contribution is 0.0588. The van der Waals surface area contributed by atoms with Gasteiger partial charge in [-0.1, -0.05) is 36.4 Å². The highest BCUT2D eigenvalue weighted by atomic mass is 16.5. The highest BCUT2D eigenvalue weighted by molar-refractivity contribution is 5.95. The first-order chi connectivity index (χ1) is 10.3. The van der Waals surface area contributed by atoms with Crippen LogP contribution >= 0.6 is 0 Å². The Kier molecular flexibility index (Phi) is 3.88. The second-order valence-corrected chi connectivity index (χ2v) is 4.88. The van der Waals surface area contributed by atoms with Gasteiger partial charge in [-0.2, -0.15) is 0 Å². The summed E-state index contributed by atoms with van der Waals surface area (Å²) < 4.78 is 10.6. The smallest absolute Gasteiger partial charge is 0.339 e. The quantitative estimate of drug-likeness (QED) is 0.879. The summed E-state index contributed by atoms with van der Waals surface area (Å²) in [5.41, 5.74) is 3.61. The Balaban J connectivity index is 1.90. The SMILES string of the molecule is COC(=O)c1ccccc1NC1OCCc2ccccc21. The maximum absolute atomic E-state index is 11.8. The Morgan fingerprint density at radius 1 is 1.19 bits per heavy atom. The van der Waals surface area contributed by atoms with Gasteiger partial charge in [-0.15, -0.1) is 0 Å². The number of esters is 1. The topological polar surface area (TPSA) is 47.6 Å². The van der Waals surface area contributed by atoms with Crippen molar-refractivity contribution in [1.82, 2.24) is 0 Å². The monoisotopic (exact) mass is 283 g/mol. The van der Waals surface area contributed by atoms with Gasteiger partial charge < -0.3 is 14.8 Å². The molecule has 0 spiro atoms. The molecule has 3 rings (SSSR count). The van der Waals surface area contributed by atoms with Gasteiger partial charge in [0.05, 0.1) is 25.0 Å². The number of nitrogens with one attached hydrogen (secondary N) is 1. The van der Waals surface area contributed by atoms with Gasteiger partial charge in [0.2, 0.25) is 0 Å². The van der Waals surface area contributed by atoms with Crippen molar-refractivity contribution >= 4 is 11.7 Å². The molecule has 4 nitrogen and oxygen atoms in total. The lowest BCUT2D eigenvalue weighted by atomic mass is 10.0. The van der Waals surface area contributed by atoms with E-state index in [1.165, 1.54) is 12.7 Å². The molecule has 0 aliphatic carbocycles. The summed E-state index contributed by atoms with van der Waals surface area (Å²) in [6, 6.07) is 15.5. The third-order valence-electron chi connectivity index (χ3n) is 3.61. The molecule has 0 bridgehead atoms. The number of para-hydroxylation sites is 1. The average molecular weight is 283 g/mol. The second kappa shape index (κ2) is 5.97. The van der Waals surface area contributed by atoms with Crippen LogP contribution in [0.3, 0.4) is 0 Å². The Hall–Kier alpha value is -2.33. The summed E-state index contributed by atoms with van der Waals surface area (Å²) in [5.74, 6) is -0.359. The number of benzene rings is 2. The Morgan fingerprint density at radius 3 is 2.81 bits per heavy atom. The first-order valence-corrected chi connectivity index (χ1v) is 6.93. The van der Waals surface area contributed by atoms with Gasteiger partial charge in [-0.05, 0) is 24.1 Å². The zero-order valence-corrected chi connectivity index (χ0v) is 11.8. The van der Waals surface area contributed by atoms with E-state index in [1.807, 2.05) is 36.4 Å². The van der Waals surface area contributed by atoms with E-state index in [9.17, 15) is 4.79 Å². The molecule has 0 saturated heterocycles. The van der Waals surface area contributed by atoms with E-state index in [0.717, 1.165) is 12.0 Å². The van der Waals surface area contributed by atoms with Gasteiger partial charge in [0.1, 0.15) is 0 Å². The number of rotatable bonds is 3. The Morgan fingerprint density at radius 2 is 1.95 bits per heavy atom. The molecule has 0 fully saturated rings. The normalized spacial score (nSPS) is 16.9. The molecule has 1 N–H and O–H groups in total. The summed E-state index contributed by atoms with van der Waals surface area (Å²) in [7, 11) is 1.38. The van der Waals surface area contributed by atoms with Gasteiger partial charge in [0.15, 0.2) is 6.23 Å². The standard InChI is InChI=1S/C17H17NO3/c1-20-17(19)14-8-4-5-9-15(14)18-16-13-7-3-2-6-12(13)10-11-21-16/h2-9,16,18H,10-11H2,1H3. The van der Waals surface area contributed by atoms with Crippen molar-refractivity contribution in [2.24, 2.45) is 0 Å². The lowest BCUT2D eigenvalue weighted by Gasteiger charge is -2.28. The van der Waals surface area contributed by atoms with Crippen LogP contribution in [-0.2, 0) is 15.9 Å². The zero-order valence-electron chi connectivity index (χ0n) is 11.8. The molecule has 21 heavy (non-hydrogen) atoms. The van der Waals surface area contributed by atoms with Crippen molar-refractivity contribution in [2.45, 2.75) is 12.6 Å². The van der Waals surface area contributed by atoms with Crippen LogP contribution in [0.15, 0.2) is 48.5 Å². The van der Waals surface area contributed by atoms with Crippen molar-refractivity contribution < 1.29 is 14.3 Å². The number of hydrogen-bond donors (Lipinski definition) is 1. The molecule has 0 saturated carbocycles. The molecule has 0 aromatic heterocycles. The van der Waals surface area contributed by atoms with Crippen LogP contribution in [0.4, 0.5) is 5.69 Å². The third kappa shape index (κ3) is 2.76. The van der Waals surface area contributed by atoms with E-state index in [1.54, 1.807) is 6.07 Å². The molecule has 1 heterocycles. The minimum Gasteiger partial charge on any atom is -0.465 e. The zero-order chi connectivity index (χ0) is 14.7.